The summed E-state index contributed by atoms with van der Waals surface area (Å²) in [7, 11) is 0. The van der Waals surface area contributed by atoms with Crippen LogP contribution >= 0.6 is 11.6 Å². The molecule has 3 nitrogen and oxygen atoms in total. The van der Waals surface area contributed by atoms with Gasteiger partial charge in [0.1, 0.15) is 0 Å². The molecule has 0 spiro atoms. The number of carbonyl (C=O) groups excluding carboxylic acids is 1. The van der Waals surface area contributed by atoms with E-state index in [1.165, 1.54) is 18.4 Å². The Morgan fingerprint density at radius 2 is 2.08 bits per heavy atom. The highest BCUT2D eigenvalue weighted by Crippen LogP contribution is 2.16. The number of carbonyl (C=O) groups is 1. The molecule has 0 N–H and O–H groups in total. The topological polar surface area (TPSA) is 23.6 Å². The number of halogens is 1. The Balaban J connectivity index is 1.76. The largest absolute Gasteiger partial charge is 0.343 e. The van der Waals surface area contributed by atoms with Crippen molar-refractivity contribution >= 4 is 17.5 Å². The molecule has 1 aliphatic heterocycles. The van der Waals surface area contributed by atoms with Crippen LogP contribution in [0.15, 0.2) is 24.3 Å². The summed E-state index contributed by atoms with van der Waals surface area (Å²) < 4.78 is 0. The van der Waals surface area contributed by atoms with Crippen LogP contribution in [0.5, 0.6) is 0 Å². The number of hydrogen-bond donors (Lipinski definition) is 0. The van der Waals surface area contributed by atoms with Gasteiger partial charge in [-0.3, -0.25) is 4.79 Å². The van der Waals surface area contributed by atoms with E-state index in [0.717, 1.165) is 63.3 Å². The first-order chi connectivity index (χ1) is 12.1. The van der Waals surface area contributed by atoms with Crippen LogP contribution in [-0.4, -0.2) is 47.9 Å². The van der Waals surface area contributed by atoms with E-state index < -0.39 is 0 Å². The fourth-order valence-corrected chi connectivity index (χ4v) is 3.90. The summed E-state index contributed by atoms with van der Waals surface area (Å²) in [5.41, 5.74) is 1.31. The molecule has 2 rings (SSSR count). The Hall–Kier alpha value is -1.06. The fraction of sp³-hybridized carbons (Fsp3) is 0.667. The lowest BCUT2D eigenvalue weighted by molar-refractivity contribution is -0.133. The third-order valence-electron chi connectivity index (χ3n) is 5.10. The van der Waals surface area contributed by atoms with Crippen molar-refractivity contribution in [1.29, 1.82) is 0 Å². The molecular formula is C21H33ClN2O. The van der Waals surface area contributed by atoms with Crippen molar-refractivity contribution in [2.45, 2.75) is 64.8 Å². The van der Waals surface area contributed by atoms with Gasteiger partial charge in [0.25, 0.3) is 0 Å². The van der Waals surface area contributed by atoms with E-state index in [4.69, 9.17) is 11.6 Å². The molecule has 1 atom stereocenters. The van der Waals surface area contributed by atoms with Gasteiger partial charge in [0, 0.05) is 30.6 Å². The molecule has 1 fully saturated rings. The van der Waals surface area contributed by atoms with E-state index in [-0.39, 0.29) is 0 Å². The van der Waals surface area contributed by atoms with Crippen molar-refractivity contribution in [3.05, 3.63) is 34.9 Å². The molecule has 1 heterocycles. The van der Waals surface area contributed by atoms with Gasteiger partial charge >= 0.3 is 0 Å². The molecule has 140 valence electrons. The van der Waals surface area contributed by atoms with Crippen LogP contribution in [0.3, 0.4) is 0 Å². The highest BCUT2D eigenvalue weighted by atomic mass is 35.5. The number of nitrogens with zero attached hydrogens (tertiary/aromatic N) is 2. The summed E-state index contributed by atoms with van der Waals surface area (Å²) in [6.45, 7) is 8.68. The molecule has 0 radical (unpaired) electrons. The molecule has 0 aromatic heterocycles. The van der Waals surface area contributed by atoms with Gasteiger partial charge in [0.05, 0.1) is 0 Å². The van der Waals surface area contributed by atoms with Gasteiger partial charge in [0.2, 0.25) is 5.91 Å². The van der Waals surface area contributed by atoms with E-state index in [2.05, 4.69) is 35.8 Å². The van der Waals surface area contributed by atoms with Crippen LogP contribution in [0.2, 0.25) is 5.02 Å². The van der Waals surface area contributed by atoms with E-state index in [1.807, 2.05) is 12.1 Å². The van der Waals surface area contributed by atoms with Gasteiger partial charge < -0.3 is 9.80 Å². The molecule has 0 bridgehead atoms. The average Bonchev–Trinajstić information content (AvgIpc) is 2.59. The molecule has 1 aromatic rings. The van der Waals surface area contributed by atoms with Gasteiger partial charge in [-0.15, -0.1) is 0 Å². The maximum atomic E-state index is 11.9. The SMILES string of the molecule is CCCN(CCCCN1CCCCC1=O)C(C)Cc1cccc(Cl)c1. The first-order valence-electron chi connectivity index (χ1n) is 9.86. The fourth-order valence-electron chi connectivity index (χ4n) is 3.69. The van der Waals surface area contributed by atoms with E-state index in [0.29, 0.717) is 11.9 Å². The van der Waals surface area contributed by atoms with Crippen LogP contribution in [-0.2, 0) is 11.2 Å². The molecule has 1 unspecified atom stereocenters. The Morgan fingerprint density at radius 1 is 1.24 bits per heavy atom. The number of unbranched alkanes of at least 4 members (excludes halogenated alkanes) is 1. The smallest absolute Gasteiger partial charge is 0.222 e. The van der Waals surface area contributed by atoms with Crippen molar-refractivity contribution in [3.63, 3.8) is 0 Å². The zero-order valence-electron chi connectivity index (χ0n) is 15.8. The van der Waals surface area contributed by atoms with Crippen LogP contribution in [0.25, 0.3) is 0 Å². The van der Waals surface area contributed by atoms with E-state index >= 15 is 0 Å². The van der Waals surface area contributed by atoms with Crippen LogP contribution in [0, 0.1) is 0 Å². The third kappa shape index (κ3) is 6.99. The van der Waals surface area contributed by atoms with Gasteiger partial charge in [-0.2, -0.15) is 0 Å². The van der Waals surface area contributed by atoms with Gasteiger partial charge in [-0.25, -0.2) is 0 Å². The first kappa shape index (κ1) is 20.3. The highest BCUT2D eigenvalue weighted by Gasteiger charge is 2.18. The quantitative estimate of drug-likeness (QED) is 0.558. The number of benzene rings is 1. The number of likely N-dealkylation sites (tertiary alicyclic amines) is 1. The lowest BCUT2D eigenvalue weighted by Gasteiger charge is -2.30. The van der Waals surface area contributed by atoms with Crippen LogP contribution < -0.4 is 0 Å². The van der Waals surface area contributed by atoms with Crippen molar-refractivity contribution in [2.75, 3.05) is 26.2 Å². The maximum absolute atomic E-state index is 11.9. The minimum atomic E-state index is 0.353. The average molecular weight is 365 g/mol. The monoisotopic (exact) mass is 364 g/mol. The maximum Gasteiger partial charge on any atom is 0.222 e. The summed E-state index contributed by atoms with van der Waals surface area (Å²) in [6, 6.07) is 8.71. The molecular weight excluding hydrogens is 332 g/mol. The standard InChI is InChI=1S/C21H33ClN2O/c1-3-12-23(18(2)16-19-9-8-10-20(22)17-19)13-6-7-15-24-14-5-4-11-21(24)25/h8-10,17-18H,3-7,11-16H2,1-2H3. The second kappa shape index (κ2) is 10.8. The number of amides is 1. The first-order valence-corrected chi connectivity index (χ1v) is 10.2. The molecule has 25 heavy (non-hydrogen) atoms. The molecule has 1 aliphatic rings. The lowest BCUT2D eigenvalue weighted by atomic mass is 10.1. The number of rotatable bonds is 10. The lowest BCUT2D eigenvalue weighted by Crippen LogP contribution is -2.38. The minimum Gasteiger partial charge on any atom is -0.343 e. The Kier molecular flexibility index (Phi) is 8.77. The molecule has 1 amide bonds. The predicted octanol–water partition coefficient (Wildman–Crippen LogP) is 4.78. The third-order valence-corrected chi connectivity index (χ3v) is 5.33. The van der Waals surface area contributed by atoms with Gasteiger partial charge in [-0.05, 0) is 76.2 Å². The minimum absolute atomic E-state index is 0.353. The summed E-state index contributed by atoms with van der Waals surface area (Å²) in [6.07, 6.45) is 7.46. The van der Waals surface area contributed by atoms with E-state index in [1.54, 1.807) is 0 Å². The second-order valence-corrected chi connectivity index (χ2v) is 7.70. The van der Waals surface area contributed by atoms with Crippen molar-refractivity contribution in [1.82, 2.24) is 9.80 Å². The van der Waals surface area contributed by atoms with E-state index in [9.17, 15) is 4.79 Å². The summed E-state index contributed by atoms with van der Waals surface area (Å²) in [5.74, 6) is 0.353. The molecule has 1 saturated heterocycles. The van der Waals surface area contributed by atoms with Gasteiger partial charge in [-0.1, -0.05) is 30.7 Å². The number of piperidine rings is 1. The number of hydrogen-bond acceptors (Lipinski definition) is 2. The predicted molar refractivity (Wildman–Crippen MR) is 106 cm³/mol. The second-order valence-electron chi connectivity index (χ2n) is 7.26. The summed E-state index contributed by atoms with van der Waals surface area (Å²) >= 11 is 6.11. The Morgan fingerprint density at radius 3 is 2.80 bits per heavy atom. The van der Waals surface area contributed by atoms with Crippen molar-refractivity contribution in [3.8, 4) is 0 Å². The zero-order chi connectivity index (χ0) is 18.1. The molecule has 4 heteroatoms. The van der Waals surface area contributed by atoms with Crippen LogP contribution in [0.1, 0.15) is 57.9 Å². The van der Waals surface area contributed by atoms with Crippen LogP contribution in [0.4, 0.5) is 0 Å². The zero-order valence-corrected chi connectivity index (χ0v) is 16.6. The Bertz CT molecular complexity index is 534. The van der Waals surface area contributed by atoms with Crippen molar-refractivity contribution < 1.29 is 4.79 Å². The van der Waals surface area contributed by atoms with Gasteiger partial charge in [0.15, 0.2) is 0 Å². The summed E-state index contributed by atoms with van der Waals surface area (Å²) in [5, 5.41) is 0.818. The molecule has 0 saturated carbocycles. The Labute approximate surface area is 158 Å². The molecule has 0 aliphatic carbocycles. The highest BCUT2D eigenvalue weighted by molar-refractivity contribution is 6.30. The van der Waals surface area contributed by atoms with Crippen molar-refractivity contribution in [2.24, 2.45) is 0 Å². The normalized spacial score (nSPS) is 16.5. The molecule has 1 aromatic carbocycles. The summed E-state index contributed by atoms with van der Waals surface area (Å²) in [4.78, 5) is 16.5.